The minimum absolute atomic E-state index is 0.128. The summed E-state index contributed by atoms with van der Waals surface area (Å²) in [5.74, 6) is 0. The first-order valence-corrected chi connectivity index (χ1v) is 6.01. The molecule has 1 aromatic heterocycles. The van der Waals surface area contributed by atoms with Crippen LogP contribution in [0.5, 0.6) is 0 Å². The zero-order valence-corrected chi connectivity index (χ0v) is 10.8. The van der Waals surface area contributed by atoms with Crippen LogP contribution in [-0.4, -0.2) is 15.8 Å². The highest BCUT2D eigenvalue weighted by Gasteiger charge is 2.09. The van der Waals surface area contributed by atoms with Crippen molar-refractivity contribution in [2.75, 3.05) is 0 Å². The number of hydrogen-bond acceptors (Lipinski definition) is 2. The number of aryl methyl sites for hydroxylation is 1. The number of rotatable bonds is 3. The van der Waals surface area contributed by atoms with Crippen LogP contribution in [0.1, 0.15) is 18.2 Å². The van der Waals surface area contributed by atoms with Gasteiger partial charge in [0.25, 0.3) is 0 Å². The van der Waals surface area contributed by atoms with Crippen molar-refractivity contribution < 1.29 is 0 Å². The maximum Gasteiger partial charge on any atom is 0.0819 e. The van der Waals surface area contributed by atoms with Gasteiger partial charge >= 0.3 is 0 Å². The third-order valence-corrected chi connectivity index (χ3v) is 2.99. The van der Waals surface area contributed by atoms with E-state index in [1.807, 2.05) is 42.9 Å². The van der Waals surface area contributed by atoms with Gasteiger partial charge in [0.05, 0.1) is 16.4 Å². The van der Waals surface area contributed by atoms with Crippen LogP contribution in [0.3, 0.4) is 0 Å². The molecule has 2 rings (SSSR count). The van der Waals surface area contributed by atoms with Crippen molar-refractivity contribution in [1.29, 1.82) is 0 Å². The third kappa shape index (κ3) is 2.68. The van der Waals surface area contributed by atoms with Crippen LogP contribution in [0.2, 0.25) is 5.02 Å². The van der Waals surface area contributed by atoms with Gasteiger partial charge in [0.1, 0.15) is 0 Å². The van der Waals surface area contributed by atoms with Gasteiger partial charge in [0.2, 0.25) is 0 Å². The summed E-state index contributed by atoms with van der Waals surface area (Å²) in [5.41, 5.74) is 8.91. The molecule has 3 nitrogen and oxygen atoms in total. The van der Waals surface area contributed by atoms with Crippen molar-refractivity contribution in [3.63, 3.8) is 0 Å². The Hall–Kier alpha value is -1.32. The average molecular weight is 250 g/mol. The van der Waals surface area contributed by atoms with Crippen molar-refractivity contribution in [1.82, 2.24) is 9.78 Å². The zero-order chi connectivity index (χ0) is 12.4. The Balaban J connectivity index is 2.44. The number of aromatic nitrogens is 2. The van der Waals surface area contributed by atoms with Gasteiger partial charge < -0.3 is 5.73 Å². The zero-order valence-electron chi connectivity index (χ0n) is 10.0. The molecule has 1 heterocycles. The van der Waals surface area contributed by atoms with Crippen LogP contribution in [0.25, 0.3) is 5.69 Å². The van der Waals surface area contributed by atoms with Crippen LogP contribution in [-0.2, 0) is 6.42 Å². The van der Waals surface area contributed by atoms with Gasteiger partial charge in [-0.25, -0.2) is 4.68 Å². The Morgan fingerprint density at radius 1 is 1.41 bits per heavy atom. The summed E-state index contributed by atoms with van der Waals surface area (Å²) >= 11 is 6.03. The molecule has 1 aromatic carbocycles. The summed E-state index contributed by atoms with van der Waals surface area (Å²) in [6.45, 7) is 3.89. The van der Waals surface area contributed by atoms with Crippen LogP contribution in [0, 0.1) is 6.92 Å². The van der Waals surface area contributed by atoms with Gasteiger partial charge in [-0.3, -0.25) is 0 Å². The fraction of sp³-hybridized carbons (Fsp3) is 0.308. The Labute approximate surface area is 106 Å². The minimum atomic E-state index is 0.128. The number of para-hydroxylation sites is 1. The van der Waals surface area contributed by atoms with E-state index >= 15 is 0 Å². The maximum atomic E-state index is 6.03. The Morgan fingerprint density at radius 3 is 2.71 bits per heavy atom. The molecule has 2 aromatic rings. The summed E-state index contributed by atoms with van der Waals surface area (Å²) in [5, 5.41) is 5.07. The molecule has 90 valence electrons. The lowest BCUT2D eigenvalue weighted by Gasteiger charge is -2.11. The highest BCUT2D eigenvalue weighted by Crippen LogP contribution is 2.19. The highest BCUT2D eigenvalue weighted by molar-refractivity contribution is 6.31. The van der Waals surface area contributed by atoms with E-state index in [0.29, 0.717) is 5.02 Å². The van der Waals surface area contributed by atoms with Gasteiger partial charge in [-0.2, -0.15) is 5.10 Å². The normalized spacial score (nSPS) is 12.7. The number of nitrogens with two attached hydrogens (primary N) is 1. The van der Waals surface area contributed by atoms with Crippen LogP contribution in [0.15, 0.2) is 30.5 Å². The molecule has 0 radical (unpaired) electrons. The molecule has 17 heavy (non-hydrogen) atoms. The smallest absolute Gasteiger partial charge is 0.0819 e. The topological polar surface area (TPSA) is 43.8 Å². The molecule has 0 amide bonds. The first-order valence-electron chi connectivity index (χ1n) is 5.63. The van der Waals surface area contributed by atoms with Gasteiger partial charge in [0.15, 0.2) is 0 Å². The second kappa shape index (κ2) is 4.90. The Kier molecular flexibility index (Phi) is 3.50. The molecule has 2 N–H and O–H groups in total. The molecule has 0 saturated heterocycles. The molecular weight excluding hydrogens is 234 g/mol. The summed E-state index contributed by atoms with van der Waals surface area (Å²) in [4.78, 5) is 0. The molecule has 4 heteroatoms. The standard InChI is InChI=1S/C13H16ClN3/c1-9(15)7-11-5-3-4-6-13(11)17-8-12(14)10(2)16-17/h3-6,8-9H,7,15H2,1-2H3. The maximum absolute atomic E-state index is 6.03. The van der Waals surface area contributed by atoms with Gasteiger partial charge in [-0.15, -0.1) is 0 Å². The molecule has 1 unspecified atom stereocenters. The van der Waals surface area contributed by atoms with Crippen molar-refractivity contribution in [3.05, 3.63) is 46.7 Å². The molecule has 0 fully saturated rings. The van der Waals surface area contributed by atoms with E-state index in [1.165, 1.54) is 5.56 Å². The number of nitrogens with zero attached hydrogens (tertiary/aromatic N) is 2. The highest BCUT2D eigenvalue weighted by atomic mass is 35.5. The third-order valence-electron chi connectivity index (χ3n) is 2.62. The molecule has 0 saturated carbocycles. The minimum Gasteiger partial charge on any atom is -0.328 e. The van der Waals surface area contributed by atoms with E-state index in [0.717, 1.165) is 17.8 Å². The van der Waals surface area contributed by atoms with E-state index in [-0.39, 0.29) is 6.04 Å². The van der Waals surface area contributed by atoms with Crippen molar-refractivity contribution in [2.24, 2.45) is 5.73 Å². The molecule has 0 aliphatic heterocycles. The second-order valence-electron chi connectivity index (χ2n) is 4.32. The molecule has 1 atom stereocenters. The largest absolute Gasteiger partial charge is 0.328 e. The van der Waals surface area contributed by atoms with Crippen molar-refractivity contribution in [3.8, 4) is 5.69 Å². The first kappa shape index (κ1) is 12.1. The first-order chi connectivity index (χ1) is 8.08. The van der Waals surface area contributed by atoms with Gasteiger partial charge in [-0.1, -0.05) is 29.8 Å². The quantitative estimate of drug-likeness (QED) is 0.909. The van der Waals surface area contributed by atoms with E-state index in [2.05, 4.69) is 11.2 Å². The van der Waals surface area contributed by atoms with E-state index in [4.69, 9.17) is 17.3 Å². The summed E-state index contributed by atoms with van der Waals surface area (Å²) < 4.78 is 1.81. The van der Waals surface area contributed by atoms with E-state index < -0.39 is 0 Å². The van der Waals surface area contributed by atoms with Crippen LogP contribution in [0.4, 0.5) is 0 Å². The predicted octanol–water partition coefficient (Wildman–Crippen LogP) is 2.72. The number of benzene rings is 1. The van der Waals surface area contributed by atoms with Gasteiger partial charge in [0, 0.05) is 12.2 Å². The summed E-state index contributed by atoms with van der Waals surface area (Å²) in [7, 11) is 0. The summed E-state index contributed by atoms with van der Waals surface area (Å²) in [6, 6.07) is 8.23. The molecule has 0 aliphatic carbocycles. The molecule has 0 aliphatic rings. The average Bonchev–Trinajstić information content (AvgIpc) is 2.59. The second-order valence-corrected chi connectivity index (χ2v) is 4.72. The fourth-order valence-corrected chi connectivity index (χ4v) is 1.95. The van der Waals surface area contributed by atoms with Gasteiger partial charge in [-0.05, 0) is 31.9 Å². The summed E-state index contributed by atoms with van der Waals surface area (Å²) in [6.07, 6.45) is 2.66. The molecule has 0 bridgehead atoms. The van der Waals surface area contributed by atoms with Crippen molar-refractivity contribution >= 4 is 11.6 Å². The predicted molar refractivity (Wildman–Crippen MR) is 70.7 cm³/mol. The van der Waals surface area contributed by atoms with E-state index in [9.17, 15) is 0 Å². The van der Waals surface area contributed by atoms with Crippen LogP contribution >= 0.6 is 11.6 Å². The Bertz CT molecular complexity index is 498. The molecular formula is C13H16ClN3. The SMILES string of the molecule is Cc1nn(-c2ccccc2CC(C)N)cc1Cl. The van der Waals surface area contributed by atoms with E-state index in [1.54, 1.807) is 0 Å². The number of hydrogen-bond donors (Lipinski definition) is 1. The monoisotopic (exact) mass is 249 g/mol. The fourth-order valence-electron chi connectivity index (χ4n) is 1.82. The van der Waals surface area contributed by atoms with Crippen molar-refractivity contribution in [2.45, 2.75) is 26.3 Å². The number of halogens is 1. The van der Waals surface area contributed by atoms with Crippen LogP contribution < -0.4 is 5.73 Å². The Morgan fingerprint density at radius 2 is 2.12 bits per heavy atom. The molecule has 0 spiro atoms. The lowest BCUT2D eigenvalue weighted by molar-refractivity contribution is 0.727. The lowest BCUT2D eigenvalue weighted by Crippen LogP contribution is -2.19. The lowest BCUT2D eigenvalue weighted by atomic mass is 10.1.